The zero-order valence-electron chi connectivity index (χ0n) is 16.3. The number of hydrogen-bond donors (Lipinski definition) is 2. The van der Waals surface area contributed by atoms with E-state index >= 15 is 0 Å². The fourth-order valence-electron chi connectivity index (χ4n) is 3.50. The number of halogens is 1. The molecule has 2 aromatic rings. The van der Waals surface area contributed by atoms with Gasteiger partial charge in [0.1, 0.15) is 0 Å². The van der Waals surface area contributed by atoms with E-state index in [2.05, 4.69) is 24.3 Å². The maximum absolute atomic E-state index is 12.8. The molecule has 1 aromatic carbocycles. The molecule has 8 heteroatoms. The van der Waals surface area contributed by atoms with Crippen LogP contribution in [0.2, 0.25) is 5.02 Å². The van der Waals surface area contributed by atoms with Crippen molar-refractivity contribution in [3.63, 3.8) is 0 Å². The number of ether oxygens (including phenoxy) is 1. The molecule has 0 bridgehead atoms. The molecule has 3 rings (SSSR count). The molecule has 7 nitrogen and oxygen atoms in total. The number of carbonyl (C=O) groups is 1. The lowest BCUT2D eigenvalue weighted by Crippen LogP contribution is -2.45. The van der Waals surface area contributed by atoms with Crippen molar-refractivity contribution in [2.24, 2.45) is 0 Å². The van der Waals surface area contributed by atoms with E-state index < -0.39 is 0 Å². The van der Waals surface area contributed by atoms with Gasteiger partial charge in [0.2, 0.25) is 0 Å². The highest BCUT2D eigenvalue weighted by molar-refractivity contribution is 6.32. The molecule has 2 amide bonds. The van der Waals surface area contributed by atoms with Crippen LogP contribution in [-0.4, -0.2) is 58.2 Å². The summed E-state index contributed by atoms with van der Waals surface area (Å²) in [5.41, 5.74) is 2.36. The Bertz CT molecular complexity index is 808. The van der Waals surface area contributed by atoms with E-state index in [1.165, 1.54) is 0 Å². The van der Waals surface area contributed by atoms with Crippen molar-refractivity contribution in [2.45, 2.75) is 38.7 Å². The van der Waals surface area contributed by atoms with Crippen molar-refractivity contribution in [2.75, 3.05) is 31.6 Å². The summed E-state index contributed by atoms with van der Waals surface area (Å²) in [6, 6.07) is 7.34. The summed E-state index contributed by atoms with van der Waals surface area (Å²) < 4.78 is 7.38. The van der Waals surface area contributed by atoms with Crippen molar-refractivity contribution in [1.82, 2.24) is 14.7 Å². The van der Waals surface area contributed by atoms with Crippen LogP contribution in [-0.2, 0) is 4.74 Å². The number of benzene rings is 1. The molecule has 1 fully saturated rings. The second-order valence-electron chi connectivity index (χ2n) is 7.20. The Hall–Kier alpha value is -2.09. The number of likely N-dealkylation sites (tertiary alicyclic amines) is 1. The van der Waals surface area contributed by atoms with Gasteiger partial charge in [-0.2, -0.15) is 5.10 Å². The summed E-state index contributed by atoms with van der Waals surface area (Å²) in [7, 11) is 0. The number of anilines is 1. The number of aliphatic hydroxyl groups excluding tert-OH is 1. The summed E-state index contributed by atoms with van der Waals surface area (Å²) in [5, 5.41) is 17.0. The maximum Gasteiger partial charge on any atom is 0.322 e. The first-order valence-corrected chi connectivity index (χ1v) is 10.00. The third-order valence-electron chi connectivity index (χ3n) is 4.79. The van der Waals surface area contributed by atoms with Crippen LogP contribution in [0.3, 0.4) is 0 Å². The van der Waals surface area contributed by atoms with Gasteiger partial charge in [-0.25, -0.2) is 9.48 Å². The van der Waals surface area contributed by atoms with Gasteiger partial charge in [-0.05, 0) is 30.9 Å². The average Bonchev–Trinajstić information content (AvgIpc) is 3.10. The Morgan fingerprint density at radius 2 is 2.21 bits per heavy atom. The third kappa shape index (κ3) is 4.66. The summed E-state index contributed by atoms with van der Waals surface area (Å²) >= 11 is 6.34. The van der Waals surface area contributed by atoms with Gasteiger partial charge in [0.15, 0.2) is 0 Å². The lowest BCUT2D eigenvalue weighted by atomic mass is 10.1. The summed E-state index contributed by atoms with van der Waals surface area (Å²) in [5.74, 6) is 0.135. The maximum atomic E-state index is 12.8. The molecule has 0 aliphatic carbocycles. The van der Waals surface area contributed by atoms with E-state index in [4.69, 9.17) is 21.4 Å². The Morgan fingerprint density at radius 1 is 1.43 bits per heavy atom. The number of hydrogen-bond acceptors (Lipinski definition) is 4. The first-order valence-electron chi connectivity index (χ1n) is 9.62. The van der Waals surface area contributed by atoms with E-state index in [1.54, 1.807) is 15.8 Å². The van der Waals surface area contributed by atoms with E-state index in [9.17, 15) is 4.79 Å². The minimum atomic E-state index is -0.169. The number of carbonyl (C=O) groups excluding carboxylic acids is 1. The molecule has 0 spiro atoms. The molecule has 2 N–H and O–H groups in total. The Balaban J connectivity index is 1.77. The van der Waals surface area contributed by atoms with Gasteiger partial charge in [-0.15, -0.1) is 0 Å². The standard InChI is InChI=1S/C20H27ClN4O3/c1-14(2)19-17(12-22-25(19)18-8-4-3-7-16(18)21)23-20(27)24-9-5-6-15(13-24)28-11-10-26/h3-4,7-8,12,14-15,26H,5-6,9-11,13H2,1-2H3,(H,23,27). The van der Waals surface area contributed by atoms with E-state index in [-0.39, 0.29) is 24.7 Å². The molecule has 152 valence electrons. The van der Waals surface area contributed by atoms with Gasteiger partial charge in [0.25, 0.3) is 0 Å². The van der Waals surface area contributed by atoms with Gasteiger partial charge in [-0.3, -0.25) is 0 Å². The molecule has 1 atom stereocenters. The average molecular weight is 407 g/mol. The SMILES string of the molecule is CC(C)c1c(NC(=O)N2CCCC(OCCO)C2)cnn1-c1ccccc1Cl. The number of amides is 2. The largest absolute Gasteiger partial charge is 0.394 e. The third-order valence-corrected chi connectivity index (χ3v) is 5.11. The van der Waals surface area contributed by atoms with Gasteiger partial charge < -0.3 is 20.1 Å². The number of piperidine rings is 1. The van der Waals surface area contributed by atoms with E-state index in [1.807, 2.05) is 24.3 Å². The number of rotatable bonds is 6. The number of aliphatic hydroxyl groups is 1. The molecule has 0 saturated carbocycles. The monoisotopic (exact) mass is 406 g/mol. The lowest BCUT2D eigenvalue weighted by molar-refractivity contribution is -0.00462. The van der Waals surface area contributed by atoms with Crippen LogP contribution in [0, 0.1) is 0 Å². The van der Waals surface area contributed by atoms with Crippen LogP contribution in [0.1, 0.15) is 38.3 Å². The number of aromatic nitrogens is 2. The van der Waals surface area contributed by atoms with Crippen molar-refractivity contribution >= 4 is 23.3 Å². The van der Waals surface area contributed by atoms with Crippen LogP contribution in [0.4, 0.5) is 10.5 Å². The van der Waals surface area contributed by atoms with Crippen molar-refractivity contribution in [3.05, 3.63) is 41.2 Å². The second-order valence-corrected chi connectivity index (χ2v) is 7.60. The minimum Gasteiger partial charge on any atom is -0.394 e. The predicted molar refractivity (Wildman–Crippen MR) is 109 cm³/mol. The topological polar surface area (TPSA) is 79.6 Å². The van der Waals surface area contributed by atoms with Gasteiger partial charge >= 0.3 is 6.03 Å². The molecule has 1 saturated heterocycles. The predicted octanol–water partition coefficient (Wildman–Crippen LogP) is 3.65. The number of nitrogens with zero attached hydrogens (tertiary/aromatic N) is 3. The van der Waals surface area contributed by atoms with Gasteiger partial charge in [0, 0.05) is 13.1 Å². The smallest absolute Gasteiger partial charge is 0.322 e. The number of para-hydroxylation sites is 1. The molecule has 1 unspecified atom stereocenters. The zero-order chi connectivity index (χ0) is 20.1. The van der Waals surface area contributed by atoms with Crippen LogP contribution in [0.25, 0.3) is 5.69 Å². The number of urea groups is 1. The summed E-state index contributed by atoms with van der Waals surface area (Å²) in [4.78, 5) is 14.6. The quantitative estimate of drug-likeness (QED) is 0.767. The molecule has 1 aromatic heterocycles. The molecule has 1 aliphatic rings. The normalized spacial score (nSPS) is 17.2. The molecule has 1 aliphatic heterocycles. The van der Waals surface area contributed by atoms with E-state index in [0.717, 1.165) is 24.2 Å². The summed E-state index contributed by atoms with van der Waals surface area (Å²) in [6.07, 6.45) is 3.40. The van der Waals surface area contributed by atoms with Crippen molar-refractivity contribution < 1.29 is 14.6 Å². The van der Waals surface area contributed by atoms with Crippen LogP contribution in [0.5, 0.6) is 0 Å². The van der Waals surface area contributed by atoms with Gasteiger partial charge in [-0.1, -0.05) is 37.6 Å². The number of nitrogens with one attached hydrogen (secondary N) is 1. The van der Waals surface area contributed by atoms with E-state index in [0.29, 0.717) is 30.4 Å². The molecular weight excluding hydrogens is 380 g/mol. The lowest BCUT2D eigenvalue weighted by Gasteiger charge is -2.32. The highest BCUT2D eigenvalue weighted by Crippen LogP contribution is 2.30. The molecular formula is C20H27ClN4O3. The van der Waals surface area contributed by atoms with Crippen LogP contribution < -0.4 is 5.32 Å². The Morgan fingerprint density at radius 3 is 2.93 bits per heavy atom. The molecule has 0 radical (unpaired) electrons. The first-order chi connectivity index (χ1) is 13.5. The molecule has 28 heavy (non-hydrogen) atoms. The van der Waals surface area contributed by atoms with Crippen molar-refractivity contribution in [1.29, 1.82) is 0 Å². The molecule has 2 heterocycles. The zero-order valence-corrected chi connectivity index (χ0v) is 17.0. The second kappa shape index (κ2) is 9.41. The highest BCUT2D eigenvalue weighted by atomic mass is 35.5. The van der Waals surface area contributed by atoms with Crippen LogP contribution in [0.15, 0.2) is 30.5 Å². The fourth-order valence-corrected chi connectivity index (χ4v) is 3.71. The fraction of sp³-hybridized carbons (Fsp3) is 0.500. The Kier molecular flexibility index (Phi) is 6.93. The first kappa shape index (κ1) is 20.6. The minimum absolute atomic E-state index is 0.0122. The Labute approximate surface area is 170 Å². The van der Waals surface area contributed by atoms with Crippen molar-refractivity contribution in [3.8, 4) is 5.69 Å². The summed E-state index contributed by atoms with van der Waals surface area (Å²) in [6.45, 7) is 5.59. The van der Waals surface area contributed by atoms with Crippen LogP contribution >= 0.6 is 11.6 Å². The van der Waals surface area contributed by atoms with Gasteiger partial charge in [0.05, 0.1) is 47.6 Å². The highest BCUT2D eigenvalue weighted by Gasteiger charge is 2.26.